The molecule has 0 saturated heterocycles. The van der Waals surface area contributed by atoms with Gasteiger partial charge in [-0.05, 0) is 61.1 Å². The van der Waals surface area contributed by atoms with Crippen LogP contribution in [0.4, 0.5) is 5.69 Å². The standard InChI is InChI=1S/C23H25ClN2O4S2/c1-18-10-11-19(24)15-22(18)26(32(28,29)21-8-3-2-4-9-21)16-23(27)25-12-6-14-31-17-20-7-5-13-30-20/h2-5,7-11,13,15H,6,12,14,16-17H2,1H3,(H,25,27). The van der Waals surface area contributed by atoms with Crippen molar-refractivity contribution in [2.45, 2.75) is 24.0 Å². The predicted octanol–water partition coefficient (Wildman–Crippen LogP) is 4.88. The van der Waals surface area contributed by atoms with Gasteiger partial charge in [-0.2, -0.15) is 11.8 Å². The van der Waals surface area contributed by atoms with Crippen LogP contribution in [0.25, 0.3) is 0 Å². The molecule has 170 valence electrons. The first-order valence-electron chi connectivity index (χ1n) is 10.1. The van der Waals surface area contributed by atoms with Gasteiger partial charge in [-0.15, -0.1) is 0 Å². The number of anilines is 1. The fourth-order valence-electron chi connectivity index (χ4n) is 3.03. The van der Waals surface area contributed by atoms with E-state index in [1.54, 1.807) is 61.3 Å². The van der Waals surface area contributed by atoms with Gasteiger partial charge < -0.3 is 9.73 Å². The normalized spacial score (nSPS) is 11.3. The van der Waals surface area contributed by atoms with Crippen molar-refractivity contribution < 1.29 is 17.6 Å². The number of furan rings is 1. The molecule has 0 saturated carbocycles. The van der Waals surface area contributed by atoms with Crippen LogP contribution in [0.1, 0.15) is 17.7 Å². The molecular formula is C23H25ClN2O4S2. The van der Waals surface area contributed by atoms with Gasteiger partial charge in [0, 0.05) is 11.6 Å². The summed E-state index contributed by atoms with van der Waals surface area (Å²) in [7, 11) is -3.95. The number of aryl methyl sites for hydroxylation is 1. The molecule has 0 aliphatic heterocycles. The first-order valence-corrected chi connectivity index (χ1v) is 13.1. The summed E-state index contributed by atoms with van der Waals surface area (Å²) in [5.74, 6) is 2.16. The third-order valence-electron chi connectivity index (χ3n) is 4.67. The average Bonchev–Trinajstić information content (AvgIpc) is 3.30. The second-order valence-electron chi connectivity index (χ2n) is 7.09. The van der Waals surface area contributed by atoms with Crippen molar-refractivity contribution in [3.63, 3.8) is 0 Å². The minimum Gasteiger partial charge on any atom is -0.468 e. The van der Waals surface area contributed by atoms with Crippen LogP contribution in [0, 0.1) is 6.92 Å². The molecule has 0 bridgehead atoms. The number of hydrogen-bond donors (Lipinski definition) is 1. The minimum atomic E-state index is -3.95. The molecular weight excluding hydrogens is 468 g/mol. The van der Waals surface area contributed by atoms with Crippen molar-refractivity contribution in [2.24, 2.45) is 0 Å². The summed E-state index contributed by atoms with van der Waals surface area (Å²) in [6.07, 6.45) is 2.41. The van der Waals surface area contributed by atoms with Crippen molar-refractivity contribution in [1.82, 2.24) is 5.32 Å². The summed E-state index contributed by atoms with van der Waals surface area (Å²) in [5, 5.41) is 3.22. The molecule has 0 fully saturated rings. The van der Waals surface area contributed by atoms with E-state index in [1.165, 1.54) is 12.1 Å². The maximum absolute atomic E-state index is 13.4. The highest BCUT2D eigenvalue weighted by molar-refractivity contribution is 7.98. The third kappa shape index (κ3) is 6.54. The summed E-state index contributed by atoms with van der Waals surface area (Å²) < 4.78 is 33.1. The van der Waals surface area contributed by atoms with E-state index in [9.17, 15) is 13.2 Å². The summed E-state index contributed by atoms with van der Waals surface area (Å²) in [6, 6.07) is 16.8. The van der Waals surface area contributed by atoms with Crippen molar-refractivity contribution in [3.8, 4) is 0 Å². The number of hydrogen-bond acceptors (Lipinski definition) is 5. The Balaban J connectivity index is 1.65. The van der Waals surface area contributed by atoms with E-state index >= 15 is 0 Å². The number of benzene rings is 2. The zero-order valence-electron chi connectivity index (χ0n) is 17.7. The maximum atomic E-state index is 13.4. The van der Waals surface area contributed by atoms with Crippen LogP contribution in [-0.4, -0.2) is 33.2 Å². The molecule has 1 N–H and O–H groups in total. The molecule has 0 unspecified atom stereocenters. The minimum absolute atomic E-state index is 0.113. The largest absolute Gasteiger partial charge is 0.468 e. The molecule has 1 amide bonds. The van der Waals surface area contributed by atoms with Crippen molar-refractivity contribution in [2.75, 3.05) is 23.1 Å². The first-order chi connectivity index (χ1) is 15.4. The molecule has 0 aliphatic carbocycles. The van der Waals surface area contributed by atoms with Gasteiger partial charge in [0.05, 0.1) is 22.6 Å². The van der Waals surface area contributed by atoms with Gasteiger partial charge in [0.1, 0.15) is 12.3 Å². The summed E-state index contributed by atoms with van der Waals surface area (Å²) in [5.41, 5.74) is 1.08. The molecule has 1 aromatic heterocycles. The fourth-order valence-corrected chi connectivity index (χ4v) is 5.55. The smallest absolute Gasteiger partial charge is 0.264 e. The fraction of sp³-hybridized carbons (Fsp3) is 0.261. The van der Waals surface area contributed by atoms with Gasteiger partial charge in [0.2, 0.25) is 5.91 Å². The molecule has 3 aromatic rings. The number of sulfonamides is 1. The number of nitrogens with zero attached hydrogens (tertiary/aromatic N) is 1. The Bertz CT molecular complexity index is 1120. The van der Waals surface area contributed by atoms with Crippen LogP contribution in [-0.2, 0) is 20.6 Å². The van der Waals surface area contributed by atoms with E-state index in [1.807, 2.05) is 12.1 Å². The van der Waals surface area contributed by atoms with Crippen LogP contribution < -0.4 is 9.62 Å². The summed E-state index contributed by atoms with van der Waals surface area (Å²) >= 11 is 7.84. The van der Waals surface area contributed by atoms with Gasteiger partial charge in [-0.3, -0.25) is 9.10 Å². The molecule has 0 radical (unpaired) electrons. The molecule has 1 heterocycles. The van der Waals surface area contributed by atoms with E-state index in [2.05, 4.69) is 5.32 Å². The molecule has 3 rings (SSSR count). The lowest BCUT2D eigenvalue weighted by Gasteiger charge is -2.25. The van der Waals surface area contributed by atoms with Gasteiger partial charge in [0.15, 0.2) is 0 Å². The van der Waals surface area contributed by atoms with Crippen LogP contribution in [0.3, 0.4) is 0 Å². The number of nitrogens with one attached hydrogen (secondary N) is 1. The third-order valence-corrected chi connectivity index (χ3v) is 7.75. The Morgan fingerprint density at radius 3 is 2.62 bits per heavy atom. The summed E-state index contributed by atoms with van der Waals surface area (Å²) in [4.78, 5) is 12.8. The zero-order chi connectivity index (χ0) is 23.0. The quantitative estimate of drug-likeness (QED) is 0.386. The second kappa shape index (κ2) is 11.4. The van der Waals surface area contributed by atoms with E-state index in [0.29, 0.717) is 22.8 Å². The average molecular weight is 493 g/mol. The van der Waals surface area contributed by atoms with Gasteiger partial charge in [0.25, 0.3) is 10.0 Å². The monoisotopic (exact) mass is 492 g/mol. The number of rotatable bonds is 11. The molecule has 32 heavy (non-hydrogen) atoms. The van der Waals surface area contributed by atoms with Crippen LogP contribution in [0.5, 0.6) is 0 Å². The van der Waals surface area contributed by atoms with E-state index in [4.69, 9.17) is 16.0 Å². The number of amides is 1. The molecule has 0 spiro atoms. The first kappa shape index (κ1) is 24.2. The van der Waals surface area contributed by atoms with Crippen molar-refractivity contribution in [1.29, 1.82) is 0 Å². The van der Waals surface area contributed by atoms with Gasteiger partial charge >= 0.3 is 0 Å². The number of halogens is 1. The van der Waals surface area contributed by atoms with Gasteiger partial charge in [-0.1, -0.05) is 35.9 Å². The lowest BCUT2D eigenvalue weighted by molar-refractivity contribution is -0.119. The Hall–Kier alpha value is -2.42. The Morgan fingerprint density at radius 1 is 1.12 bits per heavy atom. The highest BCUT2D eigenvalue weighted by Crippen LogP contribution is 2.29. The molecule has 6 nitrogen and oxygen atoms in total. The number of thioether (sulfide) groups is 1. The van der Waals surface area contributed by atoms with Crippen molar-refractivity contribution in [3.05, 3.63) is 83.3 Å². The number of carbonyl (C=O) groups is 1. The molecule has 0 aliphatic rings. The highest BCUT2D eigenvalue weighted by atomic mass is 35.5. The lowest BCUT2D eigenvalue weighted by atomic mass is 10.2. The van der Waals surface area contributed by atoms with E-state index in [-0.39, 0.29) is 17.3 Å². The molecule has 9 heteroatoms. The van der Waals surface area contributed by atoms with Crippen LogP contribution in [0.2, 0.25) is 5.02 Å². The van der Waals surface area contributed by atoms with E-state index < -0.39 is 10.0 Å². The van der Waals surface area contributed by atoms with Crippen molar-refractivity contribution >= 4 is 45.0 Å². The Kier molecular flexibility index (Phi) is 8.67. The predicted molar refractivity (Wildman–Crippen MR) is 130 cm³/mol. The topological polar surface area (TPSA) is 79.6 Å². The van der Waals surface area contributed by atoms with E-state index in [0.717, 1.165) is 28.0 Å². The summed E-state index contributed by atoms with van der Waals surface area (Å²) in [6.45, 7) is 1.91. The number of carbonyl (C=O) groups excluding carboxylic acids is 1. The molecule has 2 aromatic carbocycles. The SMILES string of the molecule is Cc1ccc(Cl)cc1N(CC(=O)NCCCSCc1ccco1)S(=O)(=O)c1ccccc1. The second-order valence-corrected chi connectivity index (χ2v) is 10.5. The van der Waals surface area contributed by atoms with Crippen LogP contribution >= 0.6 is 23.4 Å². The van der Waals surface area contributed by atoms with Gasteiger partial charge in [-0.25, -0.2) is 8.42 Å². The maximum Gasteiger partial charge on any atom is 0.264 e. The molecule has 0 atom stereocenters. The van der Waals surface area contributed by atoms with Crippen LogP contribution in [0.15, 0.2) is 76.2 Å². The Morgan fingerprint density at radius 2 is 1.91 bits per heavy atom. The lowest BCUT2D eigenvalue weighted by Crippen LogP contribution is -2.41. The highest BCUT2D eigenvalue weighted by Gasteiger charge is 2.28. The zero-order valence-corrected chi connectivity index (χ0v) is 20.0. The Labute approximate surface area is 198 Å².